The lowest BCUT2D eigenvalue weighted by Crippen LogP contribution is -1.95. The van der Waals surface area contributed by atoms with Crippen molar-refractivity contribution in [2.45, 2.75) is 0 Å². The van der Waals surface area contributed by atoms with Crippen molar-refractivity contribution in [2.75, 3.05) is 0 Å². The summed E-state index contributed by atoms with van der Waals surface area (Å²) in [5, 5.41) is 12.5. The molecule has 0 N–H and O–H groups in total. The van der Waals surface area contributed by atoms with Gasteiger partial charge < -0.3 is 13.4 Å². The predicted molar refractivity (Wildman–Crippen MR) is 206 cm³/mol. The van der Waals surface area contributed by atoms with Gasteiger partial charge in [-0.1, -0.05) is 103 Å². The predicted octanol–water partition coefficient (Wildman–Crippen LogP) is 12.7. The largest absolute Gasteiger partial charge is 0.456 e. The molecule has 0 fully saturated rings. The molecule has 49 heavy (non-hydrogen) atoms. The van der Waals surface area contributed by atoms with Crippen molar-refractivity contribution in [3.05, 3.63) is 158 Å². The van der Waals surface area contributed by atoms with Crippen molar-refractivity contribution in [3.63, 3.8) is 0 Å². The van der Waals surface area contributed by atoms with Crippen LogP contribution < -0.4 is 0 Å². The number of fused-ring (bicyclic) bond motifs is 11. The summed E-state index contributed by atoms with van der Waals surface area (Å²) in [7, 11) is 0. The second kappa shape index (κ2) is 9.06. The van der Waals surface area contributed by atoms with Crippen molar-refractivity contribution >= 4 is 92.6 Å². The molecule has 0 amide bonds. The van der Waals surface area contributed by atoms with Crippen LogP contribution in [0.25, 0.3) is 109 Å². The van der Waals surface area contributed by atoms with Gasteiger partial charge in [0, 0.05) is 43.4 Å². The van der Waals surface area contributed by atoms with Gasteiger partial charge in [0.25, 0.3) is 0 Å². The minimum absolute atomic E-state index is 0.909. The Labute approximate surface area is 279 Å². The van der Waals surface area contributed by atoms with E-state index in [4.69, 9.17) is 4.42 Å². The van der Waals surface area contributed by atoms with Crippen molar-refractivity contribution in [3.8, 4) is 16.8 Å². The summed E-state index contributed by atoms with van der Waals surface area (Å²) >= 11 is 0. The summed E-state index contributed by atoms with van der Waals surface area (Å²) in [6, 6.07) is 57.5. The molecule has 226 valence electrons. The van der Waals surface area contributed by atoms with Gasteiger partial charge in [-0.05, 0) is 81.9 Å². The van der Waals surface area contributed by atoms with Crippen LogP contribution in [0.1, 0.15) is 0 Å². The molecule has 0 unspecified atom stereocenters. The Bertz CT molecular complexity index is 3340. The molecule has 8 aromatic carbocycles. The fraction of sp³-hybridized carbons (Fsp3) is 0. The van der Waals surface area contributed by atoms with Crippen molar-refractivity contribution < 1.29 is 4.42 Å². The molecule has 0 aliphatic carbocycles. The SMILES string of the molecule is c1cc(-c2ccc3c(c2)oc2ccc4ccccc4c23)cc(-n2c3cccc4c5ccccc5n5c6ccccc6c6ccc2c(c43)c65)c1. The number of aromatic nitrogens is 2. The second-order valence-corrected chi connectivity index (χ2v) is 13.3. The van der Waals surface area contributed by atoms with Crippen LogP contribution >= 0.6 is 0 Å². The highest BCUT2D eigenvalue weighted by Crippen LogP contribution is 2.45. The number of hydrogen-bond donors (Lipinski definition) is 0. The number of para-hydroxylation sites is 2. The molecule has 0 radical (unpaired) electrons. The lowest BCUT2D eigenvalue weighted by molar-refractivity contribution is 0.669. The highest BCUT2D eigenvalue weighted by molar-refractivity contribution is 6.33. The number of benzene rings is 8. The van der Waals surface area contributed by atoms with E-state index < -0.39 is 0 Å². The van der Waals surface area contributed by atoms with Crippen LogP contribution in [0.15, 0.2) is 162 Å². The van der Waals surface area contributed by atoms with Gasteiger partial charge in [-0.2, -0.15) is 0 Å². The van der Waals surface area contributed by atoms with Gasteiger partial charge >= 0.3 is 0 Å². The Kier molecular flexibility index (Phi) is 4.72. The van der Waals surface area contributed by atoms with Crippen LogP contribution in [0.2, 0.25) is 0 Å². The minimum atomic E-state index is 0.909. The summed E-state index contributed by atoms with van der Waals surface area (Å²) in [6.07, 6.45) is 0. The third kappa shape index (κ3) is 3.22. The summed E-state index contributed by atoms with van der Waals surface area (Å²) < 4.78 is 11.4. The fourth-order valence-corrected chi connectivity index (χ4v) is 8.80. The lowest BCUT2D eigenvalue weighted by atomic mass is 10.0. The number of nitrogens with zero attached hydrogens (tertiary/aromatic N) is 2. The molecule has 0 aliphatic heterocycles. The monoisotopic (exact) mass is 622 g/mol. The normalized spacial score (nSPS) is 12.5. The molecular formula is C46H26N2O. The van der Waals surface area contributed by atoms with Crippen LogP contribution in [0, 0.1) is 0 Å². The molecule has 12 aromatic rings. The minimum Gasteiger partial charge on any atom is -0.456 e. The zero-order valence-electron chi connectivity index (χ0n) is 26.3. The van der Waals surface area contributed by atoms with E-state index in [9.17, 15) is 0 Å². The van der Waals surface area contributed by atoms with Gasteiger partial charge in [-0.15, -0.1) is 0 Å². The van der Waals surface area contributed by atoms with Gasteiger partial charge in [-0.3, -0.25) is 0 Å². The smallest absolute Gasteiger partial charge is 0.136 e. The van der Waals surface area contributed by atoms with E-state index in [2.05, 4.69) is 167 Å². The Hall–Kier alpha value is -6.58. The molecule has 0 aliphatic rings. The molecule has 3 nitrogen and oxygen atoms in total. The third-order valence-corrected chi connectivity index (χ3v) is 10.8. The van der Waals surface area contributed by atoms with Crippen LogP contribution in [0.4, 0.5) is 0 Å². The van der Waals surface area contributed by atoms with E-state index in [1.165, 1.54) is 76.1 Å². The van der Waals surface area contributed by atoms with Crippen LogP contribution in [-0.2, 0) is 0 Å². The van der Waals surface area contributed by atoms with Gasteiger partial charge in [0.1, 0.15) is 11.2 Å². The van der Waals surface area contributed by atoms with E-state index in [-0.39, 0.29) is 0 Å². The fourth-order valence-electron chi connectivity index (χ4n) is 8.80. The van der Waals surface area contributed by atoms with Gasteiger partial charge in [0.05, 0.1) is 27.6 Å². The summed E-state index contributed by atoms with van der Waals surface area (Å²) in [5.41, 5.74) is 11.4. The maximum atomic E-state index is 6.46. The third-order valence-electron chi connectivity index (χ3n) is 10.8. The first kappa shape index (κ1) is 25.5. The molecule has 0 atom stereocenters. The molecule has 12 rings (SSSR count). The second-order valence-electron chi connectivity index (χ2n) is 13.3. The number of rotatable bonds is 2. The van der Waals surface area contributed by atoms with E-state index >= 15 is 0 Å². The Morgan fingerprint density at radius 3 is 1.92 bits per heavy atom. The number of hydrogen-bond acceptors (Lipinski definition) is 1. The molecule has 4 aromatic heterocycles. The first-order valence-corrected chi connectivity index (χ1v) is 16.9. The van der Waals surface area contributed by atoms with Crippen LogP contribution in [-0.4, -0.2) is 8.97 Å². The maximum absolute atomic E-state index is 6.46. The molecule has 0 bridgehead atoms. The first-order chi connectivity index (χ1) is 24.3. The van der Waals surface area contributed by atoms with E-state index in [1.54, 1.807) is 0 Å². The summed E-state index contributed by atoms with van der Waals surface area (Å²) in [4.78, 5) is 0. The Morgan fingerprint density at radius 2 is 1.04 bits per heavy atom. The molecular weight excluding hydrogens is 597 g/mol. The molecule has 0 saturated heterocycles. The lowest BCUT2D eigenvalue weighted by Gasteiger charge is -2.11. The van der Waals surface area contributed by atoms with E-state index in [0.717, 1.165) is 33.4 Å². The highest BCUT2D eigenvalue weighted by Gasteiger charge is 2.23. The zero-order valence-corrected chi connectivity index (χ0v) is 26.3. The quantitative estimate of drug-likeness (QED) is 0.188. The maximum Gasteiger partial charge on any atom is 0.136 e. The van der Waals surface area contributed by atoms with Gasteiger partial charge in [0.15, 0.2) is 0 Å². The molecule has 3 heteroatoms. The average molecular weight is 623 g/mol. The zero-order chi connectivity index (χ0) is 31.8. The molecule has 0 spiro atoms. The summed E-state index contributed by atoms with van der Waals surface area (Å²) in [6.45, 7) is 0. The van der Waals surface area contributed by atoms with Gasteiger partial charge in [0.2, 0.25) is 0 Å². The highest BCUT2D eigenvalue weighted by atomic mass is 16.3. The number of furan rings is 1. The summed E-state index contributed by atoms with van der Waals surface area (Å²) in [5.74, 6) is 0. The van der Waals surface area contributed by atoms with Crippen molar-refractivity contribution in [2.24, 2.45) is 0 Å². The topological polar surface area (TPSA) is 22.5 Å². The van der Waals surface area contributed by atoms with Gasteiger partial charge in [-0.25, -0.2) is 0 Å². The van der Waals surface area contributed by atoms with Crippen molar-refractivity contribution in [1.82, 2.24) is 8.97 Å². The van der Waals surface area contributed by atoms with Crippen molar-refractivity contribution in [1.29, 1.82) is 0 Å². The molecule has 0 saturated carbocycles. The Morgan fingerprint density at radius 1 is 0.367 bits per heavy atom. The van der Waals surface area contributed by atoms with Crippen LogP contribution in [0.5, 0.6) is 0 Å². The molecule has 4 heterocycles. The van der Waals surface area contributed by atoms with E-state index in [1.807, 2.05) is 0 Å². The first-order valence-electron chi connectivity index (χ1n) is 16.9. The average Bonchev–Trinajstić information content (AvgIpc) is 3.79. The van der Waals surface area contributed by atoms with Crippen LogP contribution in [0.3, 0.4) is 0 Å². The standard InChI is InChI=1S/C46H26N2O/c1-2-12-31-27(9-1)20-24-41-43(31)36-21-19-29(26-42(36)49-41)28-10-7-11-30(25-28)47-39-18-8-15-34-32-13-3-5-16-37(32)48-38-17-6-4-14-33(38)35-22-23-40(47)45(44(34)39)46(35)48/h1-26H. The van der Waals surface area contributed by atoms with E-state index in [0.29, 0.717) is 0 Å². The Balaban J connectivity index is 1.14.